The van der Waals surface area contributed by atoms with Gasteiger partial charge in [0.15, 0.2) is 0 Å². The van der Waals surface area contributed by atoms with Crippen molar-refractivity contribution in [1.82, 2.24) is 9.62 Å². The molecule has 1 heterocycles. The number of nitrogens with zero attached hydrogens (tertiary/aromatic N) is 1. The maximum atomic E-state index is 12.4. The van der Waals surface area contributed by atoms with Crippen LogP contribution in [0.5, 0.6) is 0 Å². The van der Waals surface area contributed by atoms with E-state index >= 15 is 0 Å². The highest BCUT2D eigenvalue weighted by Gasteiger charge is 2.33. The zero-order valence-electron chi connectivity index (χ0n) is 12.7. The largest absolute Gasteiger partial charge is 0.300 e. The summed E-state index contributed by atoms with van der Waals surface area (Å²) in [6.45, 7) is 1.80. The summed E-state index contributed by atoms with van der Waals surface area (Å²) in [7, 11) is -7.68. The molecule has 3 N–H and O–H groups in total. The van der Waals surface area contributed by atoms with Crippen LogP contribution in [0, 0.1) is 0 Å². The van der Waals surface area contributed by atoms with Crippen molar-refractivity contribution in [2.75, 3.05) is 13.1 Å². The molecule has 1 aliphatic carbocycles. The topological polar surface area (TPSA) is 110 Å². The first kappa shape index (κ1) is 16.8. The third-order valence-corrected chi connectivity index (χ3v) is 6.79. The van der Waals surface area contributed by atoms with Crippen LogP contribution in [0.1, 0.15) is 25.7 Å². The molecule has 3 rings (SSSR count). The molecule has 2 aliphatic rings. The number of hydrogen-bond donors (Lipinski definition) is 2. The zero-order valence-corrected chi connectivity index (χ0v) is 14.3. The number of nitrogens with two attached hydrogens (primary N) is 1. The molecular formula is C14H21N3O4S2. The van der Waals surface area contributed by atoms with Gasteiger partial charge in [-0.05, 0) is 57.0 Å². The number of benzene rings is 1. The second-order valence-corrected chi connectivity index (χ2v) is 9.46. The Hall–Kier alpha value is -1.00. The van der Waals surface area contributed by atoms with E-state index in [1.54, 1.807) is 0 Å². The lowest BCUT2D eigenvalue weighted by molar-refractivity contribution is 0.199. The van der Waals surface area contributed by atoms with Crippen molar-refractivity contribution in [2.45, 2.75) is 47.6 Å². The first-order valence-electron chi connectivity index (χ1n) is 7.65. The van der Waals surface area contributed by atoms with Gasteiger partial charge in [0.05, 0.1) is 9.79 Å². The fourth-order valence-electron chi connectivity index (χ4n) is 2.93. The Morgan fingerprint density at radius 1 is 1.00 bits per heavy atom. The van der Waals surface area contributed by atoms with E-state index in [1.807, 2.05) is 0 Å². The number of rotatable bonds is 5. The molecule has 0 amide bonds. The summed E-state index contributed by atoms with van der Waals surface area (Å²) in [5.41, 5.74) is 0. The van der Waals surface area contributed by atoms with Gasteiger partial charge in [-0.15, -0.1) is 0 Å². The smallest absolute Gasteiger partial charge is 0.240 e. The van der Waals surface area contributed by atoms with Crippen LogP contribution >= 0.6 is 0 Å². The summed E-state index contributed by atoms with van der Waals surface area (Å²) in [6.07, 6.45) is 4.03. The van der Waals surface area contributed by atoms with E-state index in [0.717, 1.165) is 32.0 Å². The van der Waals surface area contributed by atoms with Gasteiger partial charge in [-0.25, -0.2) is 26.7 Å². The fourth-order valence-corrected chi connectivity index (χ4v) is 4.91. The van der Waals surface area contributed by atoms with Gasteiger partial charge in [-0.2, -0.15) is 0 Å². The molecule has 23 heavy (non-hydrogen) atoms. The first-order valence-corrected chi connectivity index (χ1v) is 10.7. The van der Waals surface area contributed by atoms with Crippen LogP contribution < -0.4 is 9.86 Å². The molecule has 0 bridgehead atoms. The van der Waals surface area contributed by atoms with Gasteiger partial charge in [-0.3, -0.25) is 0 Å². The molecule has 1 aromatic carbocycles. The minimum absolute atomic E-state index is 0.0753. The van der Waals surface area contributed by atoms with E-state index < -0.39 is 20.0 Å². The van der Waals surface area contributed by atoms with Crippen LogP contribution in [0.3, 0.4) is 0 Å². The van der Waals surface area contributed by atoms with Gasteiger partial charge >= 0.3 is 0 Å². The lowest BCUT2D eigenvalue weighted by Gasteiger charge is -2.32. The lowest BCUT2D eigenvalue weighted by Crippen LogP contribution is -2.45. The minimum atomic E-state index is -3.93. The third-order valence-electron chi connectivity index (χ3n) is 4.36. The van der Waals surface area contributed by atoms with E-state index in [2.05, 4.69) is 9.62 Å². The van der Waals surface area contributed by atoms with E-state index in [9.17, 15) is 16.8 Å². The molecule has 1 saturated carbocycles. The Labute approximate surface area is 137 Å². The highest BCUT2D eigenvalue weighted by atomic mass is 32.2. The fraction of sp³-hybridized carbons (Fsp3) is 0.571. The summed E-state index contributed by atoms with van der Waals surface area (Å²) < 4.78 is 50.3. The molecule has 0 aromatic heterocycles. The number of likely N-dealkylation sites (tertiary alicyclic amines) is 1. The molecule has 0 spiro atoms. The van der Waals surface area contributed by atoms with E-state index in [-0.39, 0.29) is 15.8 Å². The Balaban J connectivity index is 1.69. The number of sulfonamides is 2. The molecule has 1 aromatic rings. The summed E-state index contributed by atoms with van der Waals surface area (Å²) in [4.78, 5) is 2.13. The van der Waals surface area contributed by atoms with Crippen molar-refractivity contribution in [1.29, 1.82) is 0 Å². The average molecular weight is 359 g/mol. The van der Waals surface area contributed by atoms with Crippen molar-refractivity contribution in [2.24, 2.45) is 5.14 Å². The second-order valence-electron chi connectivity index (χ2n) is 6.18. The zero-order chi connectivity index (χ0) is 16.7. The molecule has 1 aliphatic heterocycles. The van der Waals surface area contributed by atoms with Gasteiger partial charge in [0, 0.05) is 12.1 Å². The predicted molar refractivity (Wildman–Crippen MR) is 85.8 cm³/mol. The molecule has 0 atom stereocenters. The minimum Gasteiger partial charge on any atom is -0.300 e. The van der Waals surface area contributed by atoms with Crippen LogP contribution in [0.25, 0.3) is 0 Å². The predicted octanol–water partition coefficient (Wildman–Crippen LogP) is 0.239. The Kier molecular flexibility index (Phi) is 4.49. The summed E-state index contributed by atoms with van der Waals surface area (Å²) in [5, 5.41) is 5.05. The Bertz CT molecular complexity index is 780. The molecule has 9 heteroatoms. The van der Waals surface area contributed by atoms with Gasteiger partial charge in [0.25, 0.3) is 0 Å². The lowest BCUT2D eigenvalue weighted by atomic mass is 10.1. The summed E-state index contributed by atoms with van der Waals surface area (Å²) >= 11 is 0. The van der Waals surface area contributed by atoms with Crippen molar-refractivity contribution in [3.8, 4) is 0 Å². The van der Waals surface area contributed by atoms with Crippen LogP contribution in [0.15, 0.2) is 34.1 Å². The second kappa shape index (κ2) is 6.14. The van der Waals surface area contributed by atoms with Crippen LogP contribution in [0.2, 0.25) is 0 Å². The molecule has 0 radical (unpaired) electrons. The molecule has 7 nitrogen and oxygen atoms in total. The maximum Gasteiger partial charge on any atom is 0.240 e. The van der Waals surface area contributed by atoms with Crippen LogP contribution in [0.4, 0.5) is 0 Å². The van der Waals surface area contributed by atoms with E-state index in [1.165, 1.54) is 31.0 Å². The first-order chi connectivity index (χ1) is 10.8. The highest BCUT2D eigenvalue weighted by molar-refractivity contribution is 7.90. The van der Waals surface area contributed by atoms with Crippen molar-refractivity contribution >= 4 is 20.0 Å². The molecule has 128 valence electrons. The van der Waals surface area contributed by atoms with Crippen LogP contribution in [-0.4, -0.2) is 46.9 Å². The van der Waals surface area contributed by atoms with Gasteiger partial charge in [0.1, 0.15) is 0 Å². The van der Waals surface area contributed by atoms with E-state index in [0.29, 0.717) is 6.04 Å². The average Bonchev–Trinajstić information content (AvgIpc) is 3.32. The molecular weight excluding hydrogens is 338 g/mol. The van der Waals surface area contributed by atoms with Gasteiger partial charge in [0.2, 0.25) is 20.0 Å². The SMILES string of the molecule is NS(=O)(=O)c1cccc(S(=O)(=O)NC2CCN(C3CC3)CC2)c1. The van der Waals surface area contributed by atoms with Gasteiger partial charge < -0.3 is 4.90 Å². The molecule has 0 unspecified atom stereocenters. The number of primary sulfonamides is 1. The van der Waals surface area contributed by atoms with Crippen LogP contribution in [-0.2, 0) is 20.0 Å². The van der Waals surface area contributed by atoms with Crippen molar-refractivity contribution in [3.63, 3.8) is 0 Å². The quantitative estimate of drug-likeness (QED) is 0.782. The maximum absolute atomic E-state index is 12.4. The summed E-state index contributed by atoms with van der Waals surface area (Å²) in [6, 6.07) is 5.70. The highest BCUT2D eigenvalue weighted by Crippen LogP contribution is 2.29. The molecule has 1 saturated heterocycles. The van der Waals surface area contributed by atoms with Gasteiger partial charge in [-0.1, -0.05) is 6.07 Å². The third kappa shape index (κ3) is 4.10. The normalized spacial score (nSPS) is 21.4. The standard InChI is InChI=1S/C14H21N3O4S2/c15-22(18,19)13-2-1-3-14(10-13)23(20,21)16-11-6-8-17(9-7-11)12-4-5-12/h1-3,10-12,16H,4-9H2,(H2,15,18,19). The van der Waals surface area contributed by atoms with E-state index in [4.69, 9.17) is 5.14 Å². The van der Waals surface area contributed by atoms with Crippen molar-refractivity contribution in [3.05, 3.63) is 24.3 Å². The van der Waals surface area contributed by atoms with Crippen molar-refractivity contribution < 1.29 is 16.8 Å². The monoisotopic (exact) mass is 359 g/mol. The number of piperidine rings is 1. The Morgan fingerprint density at radius 2 is 1.61 bits per heavy atom. The Morgan fingerprint density at radius 3 is 2.17 bits per heavy atom. The summed E-state index contributed by atoms with van der Waals surface area (Å²) in [5.74, 6) is 0. The number of nitrogens with one attached hydrogen (secondary N) is 1. The number of hydrogen-bond acceptors (Lipinski definition) is 5. The molecule has 2 fully saturated rings.